The first-order valence-corrected chi connectivity index (χ1v) is 8.51. The third kappa shape index (κ3) is 6.43. The lowest BCUT2D eigenvalue weighted by Gasteiger charge is -2.09. The summed E-state index contributed by atoms with van der Waals surface area (Å²) < 4.78 is 0.862. The Morgan fingerprint density at radius 3 is 2.35 bits per heavy atom. The van der Waals surface area contributed by atoms with E-state index in [1.807, 2.05) is 18.2 Å². The number of nitriles is 1. The fraction of sp³-hybridized carbons (Fsp3) is 0.588. The van der Waals surface area contributed by atoms with Crippen LogP contribution in [0.15, 0.2) is 22.7 Å². The molecule has 0 heterocycles. The van der Waals surface area contributed by atoms with E-state index in [4.69, 9.17) is 5.26 Å². The Morgan fingerprint density at radius 1 is 1.05 bits per heavy atom. The Kier molecular flexibility index (Phi) is 9.15. The van der Waals surface area contributed by atoms with Gasteiger partial charge < -0.3 is 5.32 Å². The van der Waals surface area contributed by atoms with Crippen LogP contribution in [-0.4, -0.2) is 6.54 Å². The second-order valence-electron chi connectivity index (χ2n) is 5.18. The van der Waals surface area contributed by atoms with Gasteiger partial charge in [-0.05, 0) is 34.5 Å². The number of nitrogens with zero attached hydrogens (tertiary/aromatic N) is 1. The Labute approximate surface area is 131 Å². The SMILES string of the molecule is CCCCCCCCCCNc1cccc(Br)c1C#N. The van der Waals surface area contributed by atoms with E-state index in [1.165, 1.54) is 51.4 Å². The molecule has 1 aromatic rings. The van der Waals surface area contributed by atoms with Gasteiger partial charge in [-0.1, -0.05) is 57.9 Å². The summed E-state index contributed by atoms with van der Waals surface area (Å²) in [6.45, 7) is 3.20. The zero-order chi connectivity index (χ0) is 14.6. The van der Waals surface area contributed by atoms with Gasteiger partial charge in [0.15, 0.2) is 0 Å². The summed E-state index contributed by atoms with van der Waals surface area (Å²) in [4.78, 5) is 0. The standard InChI is InChI=1S/C17H25BrN2/c1-2-3-4-5-6-7-8-9-13-20-17-12-10-11-16(18)15(17)14-19/h10-12,20H,2-9,13H2,1H3. The number of nitrogens with one attached hydrogen (secondary N) is 1. The van der Waals surface area contributed by atoms with Crippen molar-refractivity contribution in [3.63, 3.8) is 0 Å². The third-order valence-electron chi connectivity index (χ3n) is 3.47. The molecule has 0 aromatic heterocycles. The predicted molar refractivity (Wildman–Crippen MR) is 90.0 cm³/mol. The average molecular weight is 337 g/mol. The highest BCUT2D eigenvalue weighted by molar-refractivity contribution is 9.10. The summed E-state index contributed by atoms with van der Waals surface area (Å²) in [6.07, 6.45) is 10.6. The first kappa shape index (κ1) is 17.0. The largest absolute Gasteiger partial charge is 0.384 e. The number of halogens is 1. The Bertz CT molecular complexity index is 423. The molecule has 0 aliphatic heterocycles. The molecule has 0 bridgehead atoms. The van der Waals surface area contributed by atoms with Gasteiger partial charge in [-0.25, -0.2) is 0 Å². The Hall–Kier alpha value is -1.01. The molecule has 0 fully saturated rings. The van der Waals surface area contributed by atoms with Gasteiger partial charge in [-0.3, -0.25) is 0 Å². The summed E-state index contributed by atoms with van der Waals surface area (Å²) in [5.41, 5.74) is 1.64. The molecule has 3 heteroatoms. The van der Waals surface area contributed by atoms with Crippen molar-refractivity contribution in [1.82, 2.24) is 0 Å². The molecular weight excluding hydrogens is 312 g/mol. The van der Waals surface area contributed by atoms with E-state index in [1.54, 1.807) is 0 Å². The molecule has 1 aromatic carbocycles. The lowest BCUT2D eigenvalue weighted by atomic mass is 10.1. The molecule has 0 aliphatic carbocycles. The fourth-order valence-corrected chi connectivity index (χ4v) is 2.72. The number of hydrogen-bond acceptors (Lipinski definition) is 2. The Balaban J connectivity index is 2.13. The van der Waals surface area contributed by atoms with Gasteiger partial charge in [0, 0.05) is 11.0 Å². The van der Waals surface area contributed by atoms with E-state index in [0.717, 1.165) is 16.7 Å². The van der Waals surface area contributed by atoms with Crippen LogP contribution in [0.5, 0.6) is 0 Å². The van der Waals surface area contributed by atoms with Gasteiger partial charge in [-0.15, -0.1) is 0 Å². The van der Waals surface area contributed by atoms with Gasteiger partial charge in [0.25, 0.3) is 0 Å². The van der Waals surface area contributed by atoms with E-state index in [-0.39, 0.29) is 0 Å². The van der Waals surface area contributed by atoms with Crippen LogP contribution in [0.4, 0.5) is 5.69 Å². The normalized spacial score (nSPS) is 10.2. The van der Waals surface area contributed by atoms with Crippen molar-refractivity contribution >= 4 is 21.6 Å². The van der Waals surface area contributed by atoms with Crippen molar-refractivity contribution in [2.24, 2.45) is 0 Å². The highest BCUT2D eigenvalue weighted by atomic mass is 79.9. The summed E-state index contributed by atoms with van der Waals surface area (Å²) in [7, 11) is 0. The van der Waals surface area contributed by atoms with E-state index in [0.29, 0.717) is 5.56 Å². The number of hydrogen-bond donors (Lipinski definition) is 1. The van der Waals surface area contributed by atoms with Gasteiger partial charge in [-0.2, -0.15) is 5.26 Å². The van der Waals surface area contributed by atoms with Crippen molar-refractivity contribution in [3.8, 4) is 6.07 Å². The van der Waals surface area contributed by atoms with Crippen LogP contribution in [0.3, 0.4) is 0 Å². The zero-order valence-electron chi connectivity index (χ0n) is 12.4. The summed E-state index contributed by atoms with van der Waals surface area (Å²) in [5.74, 6) is 0. The predicted octanol–water partition coefficient (Wildman–Crippen LogP) is 5.87. The van der Waals surface area contributed by atoms with E-state index >= 15 is 0 Å². The molecule has 0 radical (unpaired) electrons. The maximum Gasteiger partial charge on any atom is 0.103 e. The second-order valence-corrected chi connectivity index (χ2v) is 6.03. The van der Waals surface area contributed by atoms with E-state index in [9.17, 15) is 0 Å². The van der Waals surface area contributed by atoms with Crippen molar-refractivity contribution in [1.29, 1.82) is 5.26 Å². The molecule has 0 saturated carbocycles. The first-order valence-electron chi connectivity index (χ1n) is 7.72. The average Bonchev–Trinajstić information content (AvgIpc) is 2.45. The minimum atomic E-state index is 0.701. The van der Waals surface area contributed by atoms with Crippen molar-refractivity contribution in [3.05, 3.63) is 28.2 Å². The van der Waals surface area contributed by atoms with Crippen LogP contribution >= 0.6 is 15.9 Å². The number of rotatable bonds is 10. The smallest absolute Gasteiger partial charge is 0.103 e. The van der Waals surface area contributed by atoms with E-state index in [2.05, 4.69) is 34.2 Å². The zero-order valence-corrected chi connectivity index (χ0v) is 14.0. The minimum absolute atomic E-state index is 0.701. The highest BCUT2D eigenvalue weighted by Crippen LogP contribution is 2.23. The van der Waals surface area contributed by atoms with Crippen molar-refractivity contribution in [2.45, 2.75) is 58.3 Å². The first-order chi connectivity index (χ1) is 9.79. The second kappa shape index (κ2) is 10.7. The molecule has 0 unspecified atom stereocenters. The maximum atomic E-state index is 9.12. The van der Waals surface area contributed by atoms with Crippen LogP contribution in [0.25, 0.3) is 0 Å². The topological polar surface area (TPSA) is 35.8 Å². The molecule has 2 nitrogen and oxygen atoms in total. The summed E-state index contributed by atoms with van der Waals surface area (Å²) in [5, 5.41) is 12.5. The highest BCUT2D eigenvalue weighted by Gasteiger charge is 2.04. The molecule has 0 amide bonds. The van der Waals surface area contributed by atoms with Crippen LogP contribution in [0.2, 0.25) is 0 Å². The molecule has 0 spiro atoms. The van der Waals surface area contributed by atoms with E-state index < -0.39 is 0 Å². The minimum Gasteiger partial charge on any atom is -0.384 e. The van der Waals surface area contributed by atoms with Gasteiger partial charge in [0.1, 0.15) is 6.07 Å². The molecular formula is C17H25BrN2. The summed E-state index contributed by atoms with van der Waals surface area (Å²) in [6, 6.07) is 8.06. The van der Waals surface area contributed by atoms with Gasteiger partial charge in [0.2, 0.25) is 0 Å². The quantitative estimate of drug-likeness (QED) is 0.542. The van der Waals surface area contributed by atoms with Crippen LogP contribution in [-0.2, 0) is 0 Å². The molecule has 1 rings (SSSR count). The monoisotopic (exact) mass is 336 g/mol. The van der Waals surface area contributed by atoms with Crippen molar-refractivity contribution in [2.75, 3.05) is 11.9 Å². The van der Waals surface area contributed by atoms with Gasteiger partial charge >= 0.3 is 0 Å². The van der Waals surface area contributed by atoms with Crippen LogP contribution < -0.4 is 5.32 Å². The molecule has 0 atom stereocenters. The molecule has 20 heavy (non-hydrogen) atoms. The number of benzene rings is 1. The van der Waals surface area contributed by atoms with Crippen LogP contribution in [0.1, 0.15) is 63.9 Å². The molecule has 0 aliphatic rings. The fourth-order valence-electron chi connectivity index (χ4n) is 2.27. The maximum absolute atomic E-state index is 9.12. The molecule has 110 valence electrons. The summed E-state index contributed by atoms with van der Waals surface area (Å²) >= 11 is 3.41. The molecule has 1 N–H and O–H groups in total. The number of unbranched alkanes of at least 4 members (excludes halogenated alkanes) is 7. The number of anilines is 1. The lowest BCUT2D eigenvalue weighted by molar-refractivity contribution is 0.581. The van der Waals surface area contributed by atoms with Gasteiger partial charge in [0.05, 0.1) is 11.3 Å². The van der Waals surface area contributed by atoms with Crippen molar-refractivity contribution < 1.29 is 0 Å². The lowest BCUT2D eigenvalue weighted by Crippen LogP contribution is -2.03. The molecule has 0 saturated heterocycles. The third-order valence-corrected chi connectivity index (χ3v) is 4.13. The Morgan fingerprint density at radius 2 is 1.70 bits per heavy atom. The van der Waals surface area contributed by atoms with Crippen LogP contribution in [0, 0.1) is 11.3 Å².